The first-order valence-corrected chi connectivity index (χ1v) is 7.21. The largest absolute Gasteiger partial charge is 0.333 e. The van der Waals surface area contributed by atoms with E-state index >= 15 is 0 Å². The van der Waals surface area contributed by atoms with Crippen molar-refractivity contribution in [3.63, 3.8) is 0 Å². The second-order valence-electron chi connectivity index (χ2n) is 4.58. The van der Waals surface area contributed by atoms with Crippen LogP contribution in [-0.2, 0) is 6.42 Å². The van der Waals surface area contributed by atoms with E-state index in [1.807, 2.05) is 6.92 Å². The number of rotatable bonds is 3. The Hall–Kier alpha value is -2.08. The zero-order valence-corrected chi connectivity index (χ0v) is 12.4. The van der Waals surface area contributed by atoms with Gasteiger partial charge in [-0.15, -0.1) is 11.3 Å². The van der Waals surface area contributed by atoms with Crippen LogP contribution in [0.25, 0.3) is 22.4 Å². The number of aryl methyl sites for hydroxylation is 3. The molecule has 0 atom stereocenters. The minimum Gasteiger partial charge on any atom is -0.333 e. The van der Waals surface area contributed by atoms with Crippen molar-refractivity contribution in [2.45, 2.75) is 27.2 Å². The summed E-state index contributed by atoms with van der Waals surface area (Å²) in [5, 5.41) is 3.95. The molecule has 3 aromatic heterocycles. The van der Waals surface area contributed by atoms with Gasteiger partial charge in [-0.3, -0.25) is 0 Å². The van der Waals surface area contributed by atoms with Gasteiger partial charge in [-0.05, 0) is 37.5 Å². The quantitative estimate of drug-likeness (QED) is 0.738. The molecule has 3 rings (SSSR count). The second kappa shape index (κ2) is 5.13. The van der Waals surface area contributed by atoms with Crippen molar-refractivity contribution in [1.82, 2.24) is 20.1 Å². The summed E-state index contributed by atoms with van der Waals surface area (Å²) < 4.78 is 5.32. The summed E-state index contributed by atoms with van der Waals surface area (Å²) in [5.74, 6) is 1.43. The van der Waals surface area contributed by atoms with Gasteiger partial charge in [-0.1, -0.05) is 12.1 Å². The average molecular weight is 286 g/mol. The minimum atomic E-state index is 0.420. The molecule has 0 aliphatic heterocycles. The van der Waals surface area contributed by atoms with E-state index in [-0.39, 0.29) is 0 Å². The number of nitrogens with zero attached hydrogens (tertiary/aromatic N) is 4. The van der Waals surface area contributed by atoms with Crippen LogP contribution in [0.5, 0.6) is 0 Å². The Morgan fingerprint density at radius 3 is 2.55 bits per heavy atom. The fourth-order valence-corrected chi connectivity index (χ4v) is 2.93. The lowest BCUT2D eigenvalue weighted by Gasteiger charge is -1.92. The van der Waals surface area contributed by atoms with Gasteiger partial charge in [0, 0.05) is 17.3 Å². The molecule has 0 aliphatic carbocycles. The highest BCUT2D eigenvalue weighted by Crippen LogP contribution is 2.31. The Kier molecular flexibility index (Phi) is 3.31. The number of aromatic nitrogens is 4. The molecule has 3 heterocycles. The van der Waals surface area contributed by atoms with Crippen molar-refractivity contribution in [1.29, 1.82) is 0 Å². The van der Waals surface area contributed by atoms with Crippen molar-refractivity contribution in [2.24, 2.45) is 0 Å². The summed E-state index contributed by atoms with van der Waals surface area (Å²) in [5.41, 5.74) is 2.26. The van der Waals surface area contributed by atoms with E-state index < -0.39 is 0 Å². The highest BCUT2D eigenvalue weighted by molar-refractivity contribution is 7.15. The van der Waals surface area contributed by atoms with Crippen LogP contribution in [0.3, 0.4) is 0 Å². The van der Waals surface area contributed by atoms with Gasteiger partial charge in [-0.2, -0.15) is 4.98 Å². The molecule has 0 bridgehead atoms. The third kappa shape index (κ3) is 2.34. The van der Waals surface area contributed by atoms with Crippen molar-refractivity contribution in [2.75, 3.05) is 0 Å². The van der Waals surface area contributed by atoms with Gasteiger partial charge >= 0.3 is 0 Å². The fraction of sp³-hybridized carbons (Fsp3) is 0.286. The lowest BCUT2D eigenvalue weighted by Crippen LogP contribution is -1.90. The first-order valence-electron chi connectivity index (χ1n) is 6.39. The summed E-state index contributed by atoms with van der Waals surface area (Å²) in [4.78, 5) is 15.1. The molecule has 0 saturated heterocycles. The number of hydrogen-bond acceptors (Lipinski definition) is 6. The zero-order valence-electron chi connectivity index (χ0n) is 11.5. The molecule has 20 heavy (non-hydrogen) atoms. The first-order chi connectivity index (χ1) is 9.67. The Bertz CT molecular complexity index is 730. The smallest absolute Gasteiger partial charge is 0.268 e. The second-order valence-corrected chi connectivity index (χ2v) is 5.71. The lowest BCUT2D eigenvalue weighted by molar-refractivity contribution is 0.432. The van der Waals surface area contributed by atoms with E-state index in [4.69, 9.17) is 4.52 Å². The van der Waals surface area contributed by atoms with Gasteiger partial charge in [0.05, 0.1) is 4.88 Å². The van der Waals surface area contributed by atoms with Crippen molar-refractivity contribution in [3.8, 4) is 22.4 Å². The Morgan fingerprint density at radius 1 is 1.15 bits per heavy atom. The molecule has 0 aliphatic rings. The highest BCUT2D eigenvalue weighted by Gasteiger charge is 2.15. The summed E-state index contributed by atoms with van der Waals surface area (Å²) in [6.07, 6.45) is 4.49. The van der Waals surface area contributed by atoms with Crippen molar-refractivity contribution < 1.29 is 4.52 Å². The van der Waals surface area contributed by atoms with Crippen LogP contribution < -0.4 is 0 Å². The Balaban J connectivity index is 1.95. The maximum absolute atomic E-state index is 5.32. The molecular weight excluding hydrogens is 272 g/mol. The van der Waals surface area contributed by atoms with E-state index in [2.05, 4.69) is 40.0 Å². The van der Waals surface area contributed by atoms with Gasteiger partial charge in [0.15, 0.2) is 0 Å². The minimum absolute atomic E-state index is 0.420. The third-order valence-corrected chi connectivity index (χ3v) is 4.33. The normalized spacial score (nSPS) is 10.9. The molecule has 0 amide bonds. The van der Waals surface area contributed by atoms with Crippen LogP contribution in [0.4, 0.5) is 0 Å². The third-order valence-electron chi connectivity index (χ3n) is 2.96. The number of hydrogen-bond donors (Lipinski definition) is 0. The topological polar surface area (TPSA) is 64.7 Å². The van der Waals surface area contributed by atoms with E-state index in [1.54, 1.807) is 23.7 Å². The highest BCUT2D eigenvalue weighted by atomic mass is 32.1. The van der Waals surface area contributed by atoms with Crippen molar-refractivity contribution >= 4 is 11.3 Å². The molecule has 6 heteroatoms. The number of thiophene rings is 1. The molecule has 0 radical (unpaired) electrons. The van der Waals surface area contributed by atoms with Crippen LogP contribution in [0.15, 0.2) is 23.0 Å². The summed E-state index contributed by atoms with van der Waals surface area (Å²) in [7, 11) is 0. The zero-order chi connectivity index (χ0) is 14.1. The van der Waals surface area contributed by atoms with Crippen LogP contribution in [0, 0.1) is 13.8 Å². The Labute approximate surface area is 120 Å². The monoisotopic (exact) mass is 286 g/mol. The van der Waals surface area contributed by atoms with Crippen LogP contribution in [-0.4, -0.2) is 20.1 Å². The van der Waals surface area contributed by atoms with Gasteiger partial charge < -0.3 is 4.52 Å². The fourth-order valence-electron chi connectivity index (χ4n) is 1.90. The molecule has 0 fully saturated rings. The molecular formula is C14H14N4OS. The average Bonchev–Trinajstić information content (AvgIpc) is 3.06. The first kappa shape index (κ1) is 12.9. The van der Waals surface area contributed by atoms with Gasteiger partial charge in [0.1, 0.15) is 0 Å². The molecule has 102 valence electrons. The van der Waals surface area contributed by atoms with Gasteiger partial charge in [0.25, 0.3) is 5.89 Å². The molecule has 3 aromatic rings. The maximum atomic E-state index is 5.32. The Morgan fingerprint density at radius 2 is 1.90 bits per heavy atom. The standard InChI is InChI=1S/C14H14N4OS/c1-4-10-9(3)5-11(20-10)14-17-13(18-19-14)12-15-6-8(2)7-16-12/h5-7H,4H2,1-3H3. The van der Waals surface area contributed by atoms with Gasteiger partial charge in [-0.25, -0.2) is 9.97 Å². The molecule has 0 spiro atoms. The van der Waals surface area contributed by atoms with E-state index in [9.17, 15) is 0 Å². The maximum Gasteiger partial charge on any atom is 0.268 e. The molecule has 0 aromatic carbocycles. The molecule has 0 saturated carbocycles. The van der Waals surface area contributed by atoms with Crippen molar-refractivity contribution in [3.05, 3.63) is 34.5 Å². The van der Waals surface area contributed by atoms with E-state index in [0.717, 1.165) is 16.9 Å². The predicted octanol–water partition coefficient (Wildman–Crippen LogP) is 3.43. The summed E-state index contributed by atoms with van der Waals surface area (Å²) in [6.45, 7) is 6.17. The summed E-state index contributed by atoms with van der Waals surface area (Å²) in [6, 6.07) is 2.08. The van der Waals surface area contributed by atoms with Crippen LogP contribution in [0.1, 0.15) is 22.9 Å². The SMILES string of the molecule is CCc1sc(-c2nc(-c3ncc(C)cn3)no2)cc1C. The molecule has 5 nitrogen and oxygen atoms in total. The molecule has 0 unspecified atom stereocenters. The van der Waals surface area contributed by atoms with E-state index in [0.29, 0.717) is 17.5 Å². The predicted molar refractivity (Wildman–Crippen MR) is 77.5 cm³/mol. The van der Waals surface area contributed by atoms with Crippen LogP contribution in [0.2, 0.25) is 0 Å². The van der Waals surface area contributed by atoms with Gasteiger partial charge in [0.2, 0.25) is 11.6 Å². The van der Waals surface area contributed by atoms with Crippen LogP contribution >= 0.6 is 11.3 Å². The molecule has 0 N–H and O–H groups in total. The summed E-state index contributed by atoms with van der Waals surface area (Å²) >= 11 is 1.69. The lowest BCUT2D eigenvalue weighted by atomic mass is 10.2. The van der Waals surface area contributed by atoms with E-state index in [1.165, 1.54) is 10.4 Å².